The van der Waals surface area contributed by atoms with Crippen molar-refractivity contribution in [3.63, 3.8) is 0 Å². The number of hydrogen-bond donors (Lipinski definition) is 0. The lowest BCUT2D eigenvalue weighted by Crippen LogP contribution is -2.43. The van der Waals surface area contributed by atoms with E-state index >= 15 is 0 Å². The van der Waals surface area contributed by atoms with Gasteiger partial charge in [0.1, 0.15) is 10.4 Å². The van der Waals surface area contributed by atoms with Crippen molar-refractivity contribution in [1.29, 1.82) is 0 Å². The van der Waals surface area contributed by atoms with Crippen LogP contribution in [0.2, 0.25) is 18.1 Å². The van der Waals surface area contributed by atoms with Gasteiger partial charge in [-0.2, -0.15) is 5.10 Å². The van der Waals surface area contributed by atoms with Crippen LogP contribution < -0.4 is 4.43 Å². The van der Waals surface area contributed by atoms with Gasteiger partial charge in [-0.1, -0.05) is 20.8 Å². The Kier molecular flexibility index (Phi) is 4.83. The first-order chi connectivity index (χ1) is 11.2. The van der Waals surface area contributed by atoms with Gasteiger partial charge >= 0.3 is 0 Å². The lowest BCUT2D eigenvalue weighted by molar-refractivity contribution is -0.0368. The molecule has 1 atom stereocenters. The summed E-state index contributed by atoms with van der Waals surface area (Å²) in [5.74, 6) is 0.930. The average molecular weight is 411 g/mol. The van der Waals surface area contributed by atoms with Crippen molar-refractivity contribution in [2.75, 3.05) is 6.61 Å². The fourth-order valence-corrected chi connectivity index (χ4v) is 4.24. The Morgan fingerprint density at radius 1 is 1.29 bits per heavy atom. The molecule has 1 aliphatic heterocycles. The molecule has 3 rings (SSSR count). The van der Waals surface area contributed by atoms with Gasteiger partial charge in [-0.15, -0.1) is 0 Å². The van der Waals surface area contributed by atoms with Crippen LogP contribution in [0.4, 0.5) is 0 Å². The number of benzene rings is 1. The second-order valence-electron chi connectivity index (χ2n) is 8.10. The summed E-state index contributed by atoms with van der Waals surface area (Å²) < 4.78 is 15.2. The largest absolute Gasteiger partial charge is 0.543 e. The van der Waals surface area contributed by atoms with E-state index in [1.807, 2.05) is 4.68 Å². The zero-order chi connectivity index (χ0) is 17.5. The van der Waals surface area contributed by atoms with Crippen molar-refractivity contribution in [3.8, 4) is 5.75 Å². The molecule has 0 aliphatic carbocycles. The highest BCUT2D eigenvalue weighted by atomic mass is 79.9. The lowest BCUT2D eigenvalue weighted by Gasteiger charge is -2.36. The molecule has 1 aliphatic rings. The third kappa shape index (κ3) is 3.41. The zero-order valence-corrected chi connectivity index (χ0v) is 17.8. The van der Waals surface area contributed by atoms with Crippen molar-refractivity contribution in [3.05, 3.63) is 22.8 Å². The molecule has 1 unspecified atom stereocenters. The van der Waals surface area contributed by atoms with Crippen LogP contribution in [0.1, 0.15) is 46.3 Å². The smallest absolute Gasteiger partial charge is 0.250 e. The molecule has 24 heavy (non-hydrogen) atoms. The maximum Gasteiger partial charge on any atom is 0.250 e. The summed E-state index contributed by atoms with van der Waals surface area (Å²) in [5.41, 5.74) is 1.09. The molecule has 2 heterocycles. The number of halogens is 1. The van der Waals surface area contributed by atoms with Crippen LogP contribution in [-0.4, -0.2) is 24.7 Å². The van der Waals surface area contributed by atoms with Gasteiger partial charge in [-0.25, -0.2) is 4.68 Å². The molecule has 4 nitrogen and oxygen atoms in total. The summed E-state index contributed by atoms with van der Waals surface area (Å²) in [7, 11) is -1.84. The maximum absolute atomic E-state index is 6.43. The summed E-state index contributed by atoms with van der Waals surface area (Å²) in [6.07, 6.45) is 3.39. The molecule has 132 valence electrons. The SMILES string of the molecule is CC(C)(C)[Si](C)(C)Oc1ccc2c(c1)c(Br)nn2C1CCCCO1. The van der Waals surface area contributed by atoms with Crippen LogP contribution in [0.5, 0.6) is 5.75 Å². The first-order valence-corrected chi connectivity index (χ1v) is 12.4. The molecule has 1 aromatic heterocycles. The normalized spacial score (nSPS) is 19.7. The van der Waals surface area contributed by atoms with Gasteiger partial charge in [0, 0.05) is 12.0 Å². The van der Waals surface area contributed by atoms with E-state index < -0.39 is 8.32 Å². The van der Waals surface area contributed by atoms with E-state index in [9.17, 15) is 0 Å². The van der Waals surface area contributed by atoms with Gasteiger partial charge in [0.25, 0.3) is 0 Å². The zero-order valence-electron chi connectivity index (χ0n) is 15.2. The van der Waals surface area contributed by atoms with Crippen LogP contribution in [0, 0.1) is 0 Å². The minimum Gasteiger partial charge on any atom is -0.543 e. The summed E-state index contributed by atoms with van der Waals surface area (Å²) in [5, 5.41) is 5.93. The Labute approximate surface area is 153 Å². The van der Waals surface area contributed by atoms with Gasteiger partial charge in [-0.05, 0) is 71.5 Å². The maximum atomic E-state index is 6.43. The number of aromatic nitrogens is 2. The average Bonchev–Trinajstić information content (AvgIpc) is 2.83. The van der Waals surface area contributed by atoms with Gasteiger partial charge in [0.2, 0.25) is 8.32 Å². The van der Waals surface area contributed by atoms with Gasteiger partial charge in [-0.3, -0.25) is 0 Å². The van der Waals surface area contributed by atoms with E-state index in [4.69, 9.17) is 9.16 Å². The van der Waals surface area contributed by atoms with E-state index in [0.29, 0.717) is 0 Å². The highest BCUT2D eigenvalue weighted by Gasteiger charge is 2.39. The molecule has 1 saturated heterocycles. The highest BCUT2D eigenvalue weighted by molar-refractivity contribution is 9.10. The minimum absolute atomic E-state index is 0.0414. The summed E-state index contributed by atoms with van der Waals surface area (Å²) >= 11 is 3.61. The Morgan fingerprint density at radius 3 is 2.67 bits per heavy atom. The Morgan fingerprint density at radius 2 is 2.04 bits per heavy atom. The molecule has 0 spiro atoms. The van der Waals surface area contributed by atoms with Crippen molar-refractivity contribution >= 4 is 35.2 Å². The number of nitrogens with zero attached hydrogens (tertiary/aromatic N) is 2. The number of fused-ring (bicyclic) bond motifs is 1. The summed E-state index contributed by atoms with van der Waals surface area (Å²) in [6.45, 7) is 12.1. The van der Waals surface area contributed by atoms with Crippen molar-refractivity contribution < 1.29 is 9.16 Å². The van der Waals surface area contributed by atoms with Crippen molar-refractivity contribution in [1.82, 2.24) is 9.78 Å². The third-order valence-electron chi connectivity index (χ3n) is 5.24. The first-order valence-electron chi connectivity index (χ1n) is 8.67. The first kappa shape index (κ1) is 18.0. The molecule has 6 heteroatoms. The predicted octanol–water partition coefficient (Wildman–Crippen LogP) is 5.88. The summed E-state index contributed by atoms with van der Waals surface area (Å²) in [4.78, 5) is 0. The molecular weight excluding hydrogens is 384 g/mol. The second-order valence-corrected chi connectivity index (χ2v) is 13.6. The number of rotatable bonds is 3. The van der Waals surface area contributed by atoms with E-state index in [0.717, 1.165) is 40.7 Å². The van der Waals surface area contributed by atoms with Crippen molar-refractivity contribution in [2.45, 2.75) is 64.4 Å². The lowest BCUT2D eigenvalue weighted by atomic mass is 10.2. The molecule has 0 bridgehead atoms. The third-order valence-corrected chi connectivity index (χ3v) is 10.2. The van der Waals surface area contributed by atoms with Gasteiger partial charge < -0.3 is 9.16 Å². The van der Waals surface area contributed by atoms with E-state index in [2.05, 4.69) is 73.1 Å². The van der Waals surface area contributed by atoms with E-state index in [1.165, 1.54) is 6.42 Å². The monoisotopic (exact) mass is 410 g/mol. The van der Waals surface area contributed by atoms with Crippen molar-refractivity contribution in [2.24, 2.45) is 0 Å². The Hall–Kier alpha value is -0.853. The standard InChI is InChI=1S/C18H27BrN2O2Si/c1-18(2,3)24(4,5)23-13-9-10-15-14(12-13)17(19)20-21(15)16-8-6-7-11-22-16/h9-10,12,16H,6-8,11H2,1-5H3. The molecule has 1 aromatic carbocycles. The molecule has 2 aromatic rings. The second kappa shape index (κ2) is 6.46. The predicted molar refractivity (Wildman–Crippen MR) is 104 cm³/mol. The Balaban J connectivity index is 1.93. The summed E-state index contributed by atoms with van der Waals surface area (Å²) in [6, 6.07) is 6.27. The quantitative estimate of drug-likeness (QED) is 0.592. The molecule has 0 amide bonds. The molecule has 0 radical (unpaired) electrons. The minimum atomic E-state index is -1.84. The molecule has 0 saturated carbocycles. The molecule has 1 fully saturated rings. The van der Waals surface area contributed by atoms with Crippen LogP contribution >= 0.6 is 15.9 Å². The van der Waals surface area contributed by atoms with Crippen LogP contribution in [-0.2, 0) is 4.74 Å². The topological polar surface area (TPSA) is 36.3 Å². The van der Waals surface area contributed by atoms with Gasteiger partial charge in [0.05, 0.1) is 5.52 Å². The van der Waals surface area contributed by atoms with E-state index in [-0.39, 0.29) is 11.3 Å². The van der Waals surface area contributed by atoms with Crippen LogP contribution in [0.25, 0.3) is 10.9 Å². The van der Waals surface area contributed by atoms with E-state index in [1.54, 1.807) is 0 Å². The molecular formula is C18H27BrN2O2Si. The fraction of sp³-hybridized carbons (Fsp3) is 0.611. The fourth-order valence-electron chi connectivity index (χ4n) is 2.73. The van der Waals surface area contributed by atoms with Crippen LogP contribution in [0.3, 0.4) is 0 Å². The Bertz CT molecular complexity index is 730. The number of hydrogen-bond acceptors (Lipinski definition) is 3. The highest BCUT2D eigenvalue weighted by Crippen LogP contribution is 2.39. The molecule has 0 N–H and O–H groups in total. The van der Waals surface area contributed by atoms with Crippen LogP contribution in [0.15, 0.2) is 22.8 Å². The van der Waals surface area contributed by atoms with Gasteiger partial charge in [0.15, 0.2) is 6.23 Å². The number of ether oxygens (including phenoxy) is 1.